The van der Waals surface area contributed by atoms with Gasteiger partial charge in [-0.25, -0.2) is 9.97 Å². The second-order valence-corrected chi connectivity index (χ2v) is 4.99. The van der Waals surface area contributed by atoms with E-state index in [4.69, 9.17) is 52.8 Å². The summed E-state index contributed by atoms with van der Waals surface area (Å²) < 4.78 is 9.64. The number of nitrogens with zero attached hydrogens (tertiary/aromatic N) is 2. The predicted molar refractivity (Wildman–Crippen MR) is 94.9 cm³/mol. The third kappa shape index (κ3) is 7.04. The molecule has 0 saturated heterocycles. The van der Waals surface area contributed by atoms with Crippen LogP contribution >= 0.6 is 23.2 Å². The molecule has 0 atom stereocenters. The molecule has 0 aliphatic heterocycles. The van der Waals surface area contributed by atoms with Crippen LogP contribution in [0.5, 0.6) is 11.5 Å². The average Bonchev–Trinajstić information content (AvgIpc) is 2.55. The Morgan fingerprint density at radius 3 is 1.36 bits per heavy atom. The zero-order valence-corrected chi connectivity index (χ0v) is 14.7. The van der Waals surface area contributed by atoms with Crippen LogP contribution in [0, 0.1) is 0 Å². The smallest absolute Gasteiger partial charge is 0.490 e. The number of hydrogen-bond donors (Lipinski definition) is 4. The van der Waals surface area contributed by atoms with Gasteiger partial charge in [0.25, 0.3) is 0 Å². The molecule has 0 aliphatic rings. The summed E-state index contributed by atoms with van der Waals surface area (Å²) in [4.78, 5) is 7.38. The van der Waals surface area contributed by atoms with Gasteiger partial charge in [-0.05, 0) is 12.1 Å². The summed E-state index contributed by atoms with van der Waals surface area (Å²) in [6.07, 6.45) is 2.55. The quantitative estimate of drug-likeness (QED) is 0.344. The fraction of sp³-hybridized carbons (Fsp3) is 0.167. The van der Waals surface area contributed by atoms with Crippen LogP contribution in [0.1, 0.15) is 0 Å². The van der Waals surface area contributed by atoms with Gasteiger partial charge in [0, 0.05) is 23.3 Å². The van der Waals surface area contributed by atoms with E-state index >= 15 is 0 Å². The van der Waals surface area contributed by atoms with Crippen molar-refractivity contribution in [2.75, 3.05) is 14.2 Å². The maximum absolute atomic E-state index is 8.75. The number of ether oxygens (including phenoxy) is 2. The van der Waals surface area contributed by atoms with Crippen molar-refractivity contribution in [3.05, 3.63) is 34.8 Å². The Hall–Kier alpha value is -1.59. The molecule has 0 bridgehead atoms. The number of hydrogen-bond acceptors (Lipinski definition) is 8. The summed E-state index contributed by atoms with van der Waals surface area (Å²) >= 11 is 11.2. The zero-order valence-electron chi connectivity index (χ0n) is 13.2. The van der Waals surface area contributed by atoms with Crippen molar-refractivity contribution in [1.82, 2.24) is 9.97 Å². The highest BCUT2D eigenvalue weighted by molar-refractivity contribution is 6.59. The SMILES string of the molecule is COc1cc(B(O)O)cnc1Cl.COc1cc(B(O)O)cnc1Cl.O. The van der Waals surface area contributed by atoms with Crippen molar-refractivity contribution >= 4 is 48.4 Å². The Morgan fingerprint density at radius 1 is 0.800 bits per heavy atom. The highest BCUT2D eigenvalue weighted by Crippen LogP contribution is 2.19. The molecule has 0 amide bonds. The van der Waals surface area contributed by atoms with E-state index in [0.29, 0.717) is 11.5 Å². The molecule has 136 valence electrons. The lowest BCUT2D eigenvalue weighted by molar-refractivity contribution is 0.410. The standard InChI is InChI=1S/2C6H7BClNO3.H2O/c2*1-12-5-2-4(7(10)11)3-9-6(5)8;/h2*2-3,10-11H,1H3;1H2. The average molecular weight is 393 g/mol. The lowest BCUT2D eigenvalue weighted by Gasteiger charge is -2.03. The molecule has 2 aromatic rings. The molecule has 0 saturated carbocycles. The monoisotopic (exact) mass is 392 g/mol. The Morgan fingerprint density at radius 2 is 1.12 bits per heavy atom. The van der Waals surface area contributed by atoms with Crippen molar-refractivity contribution in [3.8, 4) is 11.5 Å². The molecule has 2 heterocycles. The third-order valence-corrected chi connectivity index (χ3v) is 3.26. The fourth-order valence-corrected chi connectivity index (χ4v) is 1.82. The van der Waals surface area contributed by atoms with Crippen LogP contribution in [0.25, 0.3) is 0 Å². The van der Waals surface area contributed by atoms with Crippen molar-refractivity contribution in [2.45, 2.75) is 0 Å². The first-order valence-corrected chi connectivity index (χ1v) is 7.16. The van der Waals surface area contributed by atoms with Crippen molar-refractivity contribution in [1.29, 1.82) is 0 Å². The lowest BCUT2D eigenvalue weighted by atomic mass is 9.82. The number of aromatic nitrogens is 2. The fourth-order valence-electron chi connectivity index (χ4n) is 1.45. The predicted octanol–water partition coefficient (Wildman–Crippen LogP) is -1.98. The van der Waals surface area contributed by atoms with Crippen LogP contribution in [0.4, 0.5) is 0 Å². The number of rotatable bonds is 4. The van der Waals surface area contributed by atoms with Gasteiger partial charge in [0.2, 0.25) is 0 Å². The molecule has 2 aromatic heterocycles. The van der Waals surface area contributed by atoms with Crippen molar-refractivity contribution in [2.24, 2.45) is 0 Å². The largest absolute Gasteiger partial charge is 0.494 e. The van der Waals surface area contributed by atoms with Gasteiger partial charge in [0.1, 0.15) is 0 Å². The summed E-state index contributed by atoms with van der Waals surface area (Å²) in [5.74, 6) is 0.643. The molecular weight excluding hydrogens is 377 g/mol. The van der Waals surface area contributed by atoms with Gasteiger partial charge in [-0.1, -0.05) is 23.2 Å². The molecule has 13 heteroatoms. The first-order chi connectivity index (χ1) is 11.3. The molecule has 0 fully saturated rings. The third-order valence-electron chi connectivity index (χ3n) is 2.69. The molecule has 25 heavy (non-hydrogen) atoms. The van der Waals surface area contributed by atoms with E-state index in [9.17, 15) is 0 Å². The van der Waals surface area contributed by atoms with E-state index in [1.54, 1.807) is 0 Å². The number of pyridine rings is 2. The molecule has 0 aliphatic carbocycles. The van der Waals surface area contributed by atoms with Crippen LogP contribution in [0.2, 0.25) is 10.3 Å². The Kier molecular flexibility index (Phi) is 10.4. The summed E-state index contributed by atoms with van der Waals surface area (Å²) in [5.41, 5.74) is 0.493. The first kappa shape index (κ1) is 23.4. The van der Waals surface area contributed by atoms with Gasteiger partial charge in [-0.2, -0.15) is 0 Å². The van der Waals surface area contributed by atoms with Crippen LogP contribution < -0.4 is 20.4 Å². The van der Waals surface area contributed by atoms with Crippen molar-refractivity contribution in [3.63, 3.8) is 0 Å². The Balaban J connectivity index is 0.000000443. The van der Waals surface area contributed by atoms with E-state index in [-0.39, 0.29) is 26.7 Å². The second-order valence-electron chi connectivity index (χ2n) is 4.27. The highest BCUT2D eigenvalue weighted by Gasteiger charge is 2.14. The number of methoxy groups -OCH3 is 2. The summed E-state index contributed by atoms with van der Waals surface area (Å²) in [5, 5.41) is 35.4. The maximum Gasteiger partial charge on any atom is 0.490 e. The molecular formula is C12H16B2Cl2N2O7. The van der Waals surface area contributed by atoms with E-state index < -0.39 is 14.2 Å². The minimum atomic E-state index is -1.55. The minimum absolute atomic E-state index is 0. The van der Waals surface area contributed by atoms with Gasteiger partial charge in [0.15, 0.2) is 21.8 Å². The first-order valence-electron chi connectivity index (χ1n) is 6.41. The van der Waals surface area contributed by atoms with Gasteiger partial charge >= 0.3 is 14.2 Å². The minimum Gasteiger partial charge on any atom is -0.494 e. The van der Waals surface area contributed by atoms with Crippen LogP contribution in [0.3, 0.4) is 0 Å². The van der Waals surface area contributed by atoms with E-state index in [2.05, 4.69) is 9.97 Å². The van der Waals surface area contributed by atoms with Gasteiger partial charge in [-0.3, -0.25) is 0 Å². The van der Waals surface area contributed by atoms with Crippen LogP contribution in [-0.4, -0.2) is 64.0 Å². The van der Waals surface area contributed by atoms with Crippen LogP contribution in [-0.2, 0) is 0 Å². The Bertz CT molecular complexity index is 622. The molecule has 9 nitrogen and oxygen atoms in total. The molecule has 0 aromatic carbocycles. The van der Waals surface area contributed by atoms with Crippen molar-refractivity contribution < 1.29 is 35.0 Å². The van der Waals surface area contributed by atoms with E-state index in [1.165, 1.54) is 38.7 Å². The number of halogens is 2. The van der Waals surface area contributed by atoms with E-state index in [1.807, 2.05) is 0 Å². The lowest BCUT2D eigenvalue weighted by Crippen LogP contribution is -2.30. The Labute approximate surface area is 154 Å². The molecule has 0 radical (unpaired) electrons. The molecule has 6 N–H and O–H groups in total. The molecule has 2 rings (SSSR count). The molecule has 0 unspecified atom stereocenters. The van der Waals surface area contributed by atoms with E-state index in [0.717, 1.165) is 0 Å². The van der Waals surface area contributed by atoms with Crippen LogP contribution in [0.15, 0.2) is 24.5 Å². The second kappa shape index (κ2) is 11.1. The van der Waals surface area contributed by atoms with Gasteiger partial charge < -0.3 is 35.0 Å². The summed E-state index contributed by atoms with van der Waals surface area (Å²) in [6.45, 7) is 0. The highest BCUT2D eigenvalue weighted by atomic mass is 35.5. The summed E-state index contributed by atoms with van der Waals surface area (Å²) in [6, 6.07) is 2.83. The van der Waals surface area contributed by atoms with Gasteiger partial charge in [-0.15, -0.1) is 0 Å². The van der Waals surface area contributed by atoms with Gasteiger partial charge in [0.05, 0.1) is 14.2 Å². The summed E-state index contributed by atoms with van der Waals surface area (Å²) in [7, 11) is -0.250. The maximum atomic E-state index is 8.75. The zero-order chi connectivity index (χ0) is 18.3. The normalized spacial score (nSPS) is 9.28. The topological polar surface area (TPSA) is 157 Å². The molecule has 0 spiro atoms.